The maximum Gasteiger partial charge on any atom is 0.408 e. The van der Waals surface area contributed by atoms with Gasteiger partial charge < -0.3 is 20.8 Å². The predicted molar refractivity (Wildman–Crippen MR) is 192 cm³/mol. The number of nitrogens with zero attached hydrogens (tertiary/aromatic N) is 4. The number of aliphatic hydroxyl groups excluding tert-OH is 1. The minimum atomic E-state index is -1.24. The summed E-state index contributed by atoms with van der Waals surface area (Å²) >= 11 is 1.41. The summed E-state index contributed by atoms with van der Waals surface area (Å²) < 4.78 is 13.5. The molecule has 0 spiro atoms. The van der Waals surface area contributed by atoms with Gasteiger partial charge in [-0.25, -0.2) is 14.2 Å². The van der Waals surface area contributed by atoms with Gasteiger partial charge in [-0.3, -0.25) is 24.3 Å². The van der Waals surface area contributed by atoms with E-state index in [1.165, 1.54) is 23.5 Å². The second kappa shape index (κ2) is 17.3. The summed E-state index contributed by atoms with van der Waals surface area (Å²) in [5.41, 5.74) is 1.90. The number of nitrogens with one attached hydrogen (secondary N) is 2. The standard InChI is InChI=1S/C37H51FN6O5S/c1-24(2)33(44(36(48)49)20-29-23-50-25(3)39-29)35(47)40-30(18-26-10-8-7-9-11-26)32(45)22-43-17-16-42(19-27-12-14-28(38)15-13-27)21-31(43)34(46)41-37(4,5)6/h7-15,23-24,30-33,45H,16-22H2,1-6H3,(H,40,47)(H,41,46)(H,48,49)/t30-,31-,32-,33-/m0/s1. The molecule has 0 unspecified atom stereocenters. The lowest BCUT2D eigenvalue weighted by atomic mass is 9.97. The molecule has 2 aromatic carbocycles. The van der Waals surface area contributed by atoms with Crippen LogP contribution >= 0.6 is 11.3 Å². The molecule has 3 amide bonds. The zero-order valence-corrected chi connectivity index (χ0v) is 30.6. The van der Waals surface area contributed by atoms with Crippen LogP contribution in [-0.2, 0) is 29.1 Å². The monoisotopic (exact) mass is 710 g/mol. The van der Waals surface area contributed by atoms with Gasteiger partial charge in [0.2, 0.25) is 11.8 Å². The number of carboxylic acid groups (broad SMARTS) is 1. The summed E-state index contributed by atoms with van der Waals surface area (Å²) in [5, 5.41) is 30.7. The maximum absolute atomic E-state index is 14.0. The SMILES string of the molecule is Cc1nc(CN(C(=O)O)[C@H](C(=O)N[C@@H](Cc2ccccc2)[C@@H](O)CN2CCN(Cc3ccc(F)cc3)C[C@H]2C(=O)NC(C)(C)C)C(C)C)cs1. The topological polar surface area (TPSA) is 138 Å². The zero-order chi connectivity index (χ0) is 36.6. The molecular formula is C37H51FN6O5S. The van der Waals surface area contributed by atoms with Crippen LogP contribution in [0.4, 0.5) is 9.18 Å². The van der Waals surface area contributed by atoms with E-state index in [1.54, 1.807) is 31.4 Å². The average molecular weight is 711 g/mol. The normalized spacial score (nSPS) is 17.6. The molecule has 3 aromatic rings. The number of piperazine rings is 1. The number of aryl methyl sites for hydroxylation is 1. The van der Waals surface area contributed by atoms with Crippen molar-refractivity contribution < 1.29 is 29.0 Å². The minimum absolute atomic E-state index is 0.0470. The molecule has 4 N–H and O–H groups in total. The molecule has 4 atom stereocenters. The summed E-state index contributed by atoms with van der Waals surface area (Å²) in [4.78, 5) is 49.8. The van der Waals surface area contributed by atoms with E-state index in [-0.39, 0.29) is 30.7 Å². The molecular weight excluding hydrogens is 660 g/mol. The number of hydrogen-bond donors (Lipinski definition) is 4. The van der Waals surface area contributed by atoms with Crippen LogP contribution in [0.25, 0.3) is 0 Å². The molecule has 13 heteroatoms. The quantitative estimate of drug-likeness (QED) is 0.195. The molecule has 0 aliphatic carbocycles. The van der Waals surface area contributed by atoms with Crippen LogP contribution in [0.5, 0.6) is 0 Å². The first-order valence-electron chi connectivity index (χ1n) is 17.1. The van der Waals surface area contributed by atoms with Gasteiger partial charge in [0.05, 0.1) is 29.4 Å². The predicted octanol–water partition coefficient (Wildman–Crippen LogP) is 4.28. The highest BCUT2D eigenvalue weighted by atomic mass is 32.1. The van der Waals surface area contributed by atoms with Crippen LogP contribution in [0, 0.1) is 18.7 Å². The van der Waals surface area contributed by atoms with Crippen LogP contribution < -0.4 is 10.6 Å². The third-order valence-electron chi connectivity index (χ3n) is 8.69. The Labute approximate surface area is 298 Å². The first-order chi connectivity index (χ1) is 23.6. The second-order valence-corrected chi connectivity index (χ2v) is 15.5. The number of hydrogen-bond acceptors (Lipinski definition) is 8. The van der Waals surface area contributed by atoms with E-state index in [2.05, 4.69) is 20.5 Å². The van der Waals surface area contributed by atoms with Gasteiger partial charge in [0.15, 0.2) is 0 Å². The highest BCUT2D eigenvalue weighted by Gasteiger charge is 2.38. The Morgan fingerprint density at radius 3 is 2.32 bits per heavy atom. The highest BCUT2D eigenvalue weighted by molar-refractivity contribution is 7.09. The molecule has 272 valence electrons. The molecule has 11 nitrogen and oxygen atoms in total. The van der Waals surface area contributed by atoms with Gasteiger partial charge in [0.25, 0.3) is 0 Å². The first-order valence-corrected chi connectivity index (χ1v) is 17.9. The van der Waals surface area contributed by atoms with Crippen LogP contribution in [0.15, 0.2) is 60.0 Å². The zero-order valence-electron chi connectivity index (χ0n) is 29.8. The lowest BCUT2D eigenvalue weighted by Gasteiger charge is -2.43. The number of aliphatic hydroxyl groups is 1. The van der Waals surface area contributed by atoms with Crippen molar-refractivity contribution in [2.24, 2.45) is 5.92 Å². The minimum Gasteiger partial charge on any atom is -0.465 e. The van der Waals surface area contributed by atoms with Crippen molar-refractivity contribution >= 4 is 29.2 Å². The van der Waals surface area contributed by atoms with Crippen molar-refractivity contribution in [2.75, 3.05) is 26.2 Å². The molecule has 2 heterocycles. The van der Waals surface area contributed by atoms with E-state index >= 15 is 0 Å². The highest BCUT2D eigenvalue weighted by Crippen LogP contribution is 2.21. The van der Waals surface area contributed by atoms with Crippen molar-refractivity contribution in [3.8, 4) is 0 Å². The fourth-order valence-corrected chi connectivity index (χ4v) is 6.92. The summed E-state index contributed by atoms with van der Waals surface area (Å²) in [7, 11) is 0. The number of rotatable bonds is 14. The second-order valence-electron chi connectivity index (χ2n) is 14.4. The molecule has 1 aliphatic rings. The fourth-order valence-electron chi connectivity index (χ4n) is 6.32. The summed E-state index contributed by atoms with van der Waals surface area (Å²) in [6.45, 7) is 13.2. The van der Waals surface area contributed by atoms with Gasteiger partial charge >= 0.3 is 6.09 Å². The van der Waals surface area contributed by atoms with Crippen molar-refractivity contribution in [2.45, 2.75) is 90.8 Å². The van der Waals surface area contributed by atoms with Gasteiger partial charge in [0.1, 0.15) is 17.9 Å². The number of β-amino-alcohol motifs (C(OH)–C–C–N with tert-alkyl or cyclic N) is 1. The number of carbonyl (C=O) groups excluding carboxylic acids is 2. The van der Waals surface area contributed by atoms with Crippen molar-refractivity contribution in [1.82, 2.24) is 30.3 Å². The summed E-state index contributed by atoms with van der Waals surface area (Å²) in [6.07, 6.45) is -2.05. The average Bonchev–Trinajstić information content (AvgIpc) is 3.46. The molecule has 0 bridgehead atoms. The molecule has 1 saturated heterocycles. The lowest BCUT2D eigenvalue weighted by molar-refractivity contribution is -0.133. The molecule has 4 rings (SSSR count). The number of amides is 3. The Morgan fingerprint density at radius 1 is 1.06 bits per heavy atom. The van der Waals surface area contributed by atoms with Gasteiger partial charge in [-0.2, -0.15) is 0 Å². The third kappa shape index (κ3) is 11.3. The van der Waals surface area contributed by atoms with E-state index in [1.807, 2.05) is 62.9 Å². The number of aromatic nitrogens is 1. The van der Waals surface area contributed by atoms with Crippen LogP contribution in [0.3, 0.4) is 0 Å². The maximum atomic E-state index is 14.0. The van der Waals surface area contributed by atoms with Gasteiger partial charge in [-0.1, -0.05) is 56.3 Å². The van der Waals surface area contributed by atoms with Gasteiger partial charge in [-0.05, 0) is 63.3 Å². The third-order valence-corrected chi connectivity index (χ3v) is 9.51. The number of thiazole rings is 1. The number of carbonyl (C=O) groups is 3. The Kier molecular flexibility index (Phi) is 13.5. The molecule has 1 fully saturated rings. The Hall–Kier alpha value is -3.91. The van der Waals surface area contributed by atoms with Crippen LogP contribution in [-0.4, -0.2) is 104 Å². The molecule has 1 aliphatic heterocycles. The Balaban J connectivity index is 1.56. The molecule has 1 aromatic heterocycles. The summed E-state index contributed by atoms with van der Waals surface area (Å²) in [6, 6.07) is 13.4. The molecule has 0 radical (unpaired) electrons. The van der Waals surface area contributed by atoms with Crippen LogP contribution in [0.2, 0.25) is 0 Å². The molecule has 0 saturated carbocycles. The first kappa shape index (κ1) is 38.9. The largest absolute Gasteiger partial charge is 0.465 e. The van der Waals surface area contributed by atoms with Gasteiger partial charge in [-0.15, -0.1) is 11.3 Å². The Morgan fingerprint density at radius 2 is 1.74 bits per heavy atom. The van der Waals surface area contributed by atoms with Gasteiger partial charge in [0, 0.05) is 43.6 Å². The van der Waals surface area contributed by atoms with Crippen molar-refractivity contribution in [3.63, 3.8) is 0 Å². The van der Waals surface area contributed by atoms with E-state index < -0.39 is 41.8 Å². The number of benzene rings is 2. The Bertz CT molecular complexity index is 1560. The molecule has 50 heavy (non-hydrogen) atoms. The fraction of sp³-hybridized carbons (Fsp3) is 0.514. The smallest absolute Gasteiger partial charge is 0.408 e. The van der Waals surface area contributed by atoms with Crippen molar-refractivity contribution in [3.05, 3.63) is 87.6 Å². The van der Waals surface area contributed by atoms with E-state index in [9.17, 15) is 29.0 Å². The summed E-state index contributed by atoms with van der Waals surface area (Å²) in [5.74, 6) is -1.37. The van der Waals surface area contributed by atoms with E-state index in [4.69, 9.17) is 0 Å². The van der Waals surface area contributed by atoms with E-state index in [0.717, 1.165) is 21.0 Å². The van der Waals surface area contributed by atoms with Crippen molar-refractivity contribution in [1.29, 1.82) is 0 Å². The lowest BCUT2D eigenvalue weighted by Crippen LogP contribution is -2.63. The van der Waals surface area contributed by atoms with E-state index in [0.29, 0.717) is 38.3 Å². The van der Waals surface area contributed by atoms with Crippen LogP contribution in [0.1, 0.15) is 56.4 Å². The number of halogens is 1.